The van der Waals surface area contributed by atoms with Gasteiger partial charge in [0.25, 0.3) is 5.91 Å². The van der Waals surface area contributed by atoms with Crippen LogP contribution in [0.15, 0.2) is 35.8 Å². The summed E-state index contributed by atoms with van der Waals surface area (Å²) >= 11 is 0. The highest BCUT2D eigenvalue weighted by Crippen LogP contribution is 2.27. The highest BCUT2D eigenvalue weighted by Gasteiger charge is 2.27. The lowest BCUT2D eigenvalue weighted by Crippen LogP contribution is -2.37. The molecule has 0 bridgehead atoms. The lowest BCUT2D eigenvalue weighted by Gasteiger charge is -2.33. The fourth-order valence-electron chi connectivity index (χ4n) is 2.92. The second-order valence-electron chi connectivity index (χ2n) is 5.42. The van der Waals surface area contributed by atoms with E-state index >= 15 is 0 Å². The van der Waals surface area contributed by atoms with Gasteiger partial charge in [-0.05, 0) is 31.1 Å². The molecule has 3 heterocycles. The third-order valence-corrected chi connectivity index (χ3v) is 4.02. The fraction of sp³-hybridized carbons (Fsp3) is 0.467. The topological polar surface area (TPSA) is 64.1 Å². The molecular formula is C15H19N3O3. The standard InChI is InChI=1S/C15H19N3O3/c19-14-5-2-9-17(14)11-3-10-16-8-1-4-13-12(16)6-7-15(20)18(13)21/h1,4,6,8,21H,2-3,5,7,9-11H2. The van der Waals surface area contributed by atoms with Crippen molar-refractivity contribution in [1.82, 2.24) is 14.9 Å². The molecule has 112 valence electrons. The largest absolute Gasteiger partial charge is 0.346 e. The number of hydrogen-bond donors (Lipinski definition) is 1. The molecule has 0 saturated carbocycles. The SMILES string of the molecule is O=C1CCCN1CCCN1C=CC=C2C1=CCC(=O)N2O. The lowest BCUT2D eigenvalue weighted by molar-refractivity contribution is -0.156. The zero-order chi connectivity index (χ0) is 14.8. The number of carbonyl (C=O) groups is 2. The van der Waals surface area contributed by atoms with Gasteiger partial charge in [-0.2, -0.15) is 5.06 Å². The van der Waals surface area contributed by atoms with E-state index in [1.807, 2.05) is 28.2 Å². The van der Waals surface area contributed by atoms with Crippen molar-refractivity contribution in [2.24, 2.45) is 0 Å². The molecule has 2 amide bonds. The van der Waals surface area contributed by atoms with Gasteiger partial charge in [-0.3, -0.25) is 14.8 Å². The highest BCUT2D eigenvalue weighted by molar-refractivity contribution is 5.81. The van der Waals surface area contributed by atoms with Crippen LogP contribution < -0.4 is 0 Å². The Morgan fingerprint density at radius 1 is 1.14 bits per heavy atom. The maximum Gasteiger partial charge on any atom is 0.254 e. The van der Waals surface area contributed by atoms with Crippen LogP contribution >= 0.6 is 0 Å². The monoisotopic (exact) mass is 289 g/mol. The molecule has 0 aromatic rings. The first-order valence-electron chi connectivity index (χ1n) is 7.32. The van der Waals surface area contributed by atoms with Gasteiger partial charge in [0.15, 0.2) is 0 Å². The van der Waals surface area contributed by atoms with Gasteiger partial charge >= 0.3 is 0 Å². The van der Waals surface area contributed by atoms with Crippen molar-refractivity contribution in [2.45, 2.75) is 25.7 Å². The number of hydrogen-bond acceptors (Lipinski definition) is 4. The van der Waals surface area contributed by atoms with Crippen LogP contribution in [0.1, 0.15) is 25.7 Å². The Bertz CT molecular complexity index is 550. The van der Waals surface area contributed by atoms with Crippen LogP contribution in [0.3, 0.4) is 0 Å². The van der Waals surface area contributed by atoms with Crippen LogP contribution in [0, 0.1) is 0 Å². The Kier molecular flexibility index (Phi) is 3.79. The number of fused-ring (bicyclic) bond motifs is 1. The smallest absolute Gasteiger partial charge is 0.254 e. The van der Waals surface area contributed by atoms with Crippen LogP contribution in [-0.2, 0) is 9.59 Å². The van der Waals surface area contributed by atoms with Crippen molar-refractivity contribution in [2.75, 3.05) is 19.6 Å². The average molecular weight is 289 g/mol. The number of hydroxylamine groups is 2. The van der Waals surface area contributed by atoms with E-state index in [0.717, 1.165) is 43.2 Å². The third kappa shape index (κ3) is 2.71. The summed E-state index contributed by atoms with van der Waals surface area (Å²) in [5.41, 5.74) is 1.37. The summed E-state index contributed by atoms with van der Waals surface area (Å²) in [5.74, 6) is -0.0725. The number of likely N-dealkylation sites (tertiary alicyclic amines) is 1. The number of nitrogens with zero attached hydrogens (tertiary/aromatic N) is 3. The minimum Gasteiger partial charge on any atom is -0.346 e. The van der Waals surface area contributed by atoms with Crippen molar-refractivity contribution in [1.29, 1.82) is 0 Å². The Morgan fingerprint density at radius 2 is 2.00 bits per heavy atom. The van der Waals surface area contributed by atoms with Crippen LogP contribution in [0.2, 0.25) is 0 Å². The van der Waals surface area contributed by atoms with E-state index in [1.165, 1.54) is 0 Å². The number of rotatable bonds is 4. The molecule has 0 aromatic carbocycles. The summed E-state index contributed by atoms with van der Waals surface area (Å²) in [4.78, 5) is 27.0. The maximum absolute atomic E-state index is 11.6. The minimum atomic E-state index is -0.317. The molecule has 6 heteroatoms. The van der Waals surface area contributed by atoms with Crippen molar-refractivity contribution >= 4 is 11.8 Å². The summed E-state index contributed by atoms with van der Waals surface area (Å²) in [6, 6.07) is 0. The van der Waals surface area contributed by atoms with E-state index in [9.17, 15) is 14.8 Å². The highest BCUT2D eigenvalue weighted by atomic mass is 16.5. The first kappa shape index (κ1) is 13.9. The Hall–Kier alpha value is -2.08. The molecule has 1 fully saturated rings. The molecule has 0 aliphatic carbocycles. The zero-order valence-electron chi connectivity index (χ0n) is 11.9. The van der Waals surface area contributed by atoms with E-state index in [-0.39, 0.29) is 18.2 Å². The first-order chi connectivity index (χ1) is 10.2. The molecule has 3 aliphatic rings. The van der Waals surface area contributed by atoms with Gasteiger partial charge in [-0.15, -0.1) is 0 Å². The summed E-state index contributed by atoms with van der Waals surface area (Å²) < 4.78 is 0. The molecule has 1 N–H and O–H groups in total. The molecule has 0 atom stereocenters. The van der Waals surface area contributed by atoms with Crippen LogP contribution in [0.4, 0.5) is 0 Å². The van der Waals surface area contributed by atoms with Gasteiger partial charge in [0.1, 0.15) is 0 Å². The first-order valence-corrected chi connectivity index (χ1v) is 7.32. The predicted octanol–water partition coefficient (Wildman–Crippen LogP) is 1.22. The molecular weight excluding hydrogens is 270 g/mol. The molecule has 6 nitrogen and oxygen atoms in total. The number of carbonyl (C=O) groups excluding carboxylic acids is 2. The van der Waals surface area contributed by atoms with Crippen LogP contribution in [0.5, 0.6) is 0 Å². The Labute approximate surface area is 123 Å². The van der Waals surface area contributed by atoms with E-state index in [1.54, 1.807) is 6.08 Å². The molecule has 1 saturated heterocycles. The number of allylic oxidation sites excluding steroid dienone is 2. The Morgan fingerprint density at radius 3 is 2.76 bits per heavy atom. The third-order valence-electron chi connectivity index (χ3n) is 4.02. The van der Waals surface area contributed by atoms with Gasteiger partial charge in [0, 0.05) is 38.7 Å². The second kappa shape index (κ2) is 5.73. The summed E-state index contributed by atoms with van der Waals surface area (Å²) in [6.45, 7) is 2.38. The Balaban J connectivity index is 1.59. The molecule has 0 aromatic heterocycles. The average Bonchev–Trinajstić information content (AvgIpc) is 2.89. The lowest BCUT2D eigenvalue weighted by atomic mass is 10.1. The predicted molar refractivity (Wildman–Crippen MR) is 75.7 cm³/mol. The summed E-state index contributed by atoms with van der Waals surface area (Å²) in [7, 11) is 0. The molecule has 21 heavy (non-hydrogen) atoms. The molecule has 3 aliphatic heterocycles. The molecule has 0 unspecified atom stereocenters. The number of amides is 2. The maximum atomic E-state index is 11.6. The van der Waals surface area contributed by atoms with E-state index < -0.39 is 0 Å². The van der Waals surface area contributed by atoms with E-state index in [0.29, 0.717) is 12.1 Å². The molecule has 0 spiro atoms. The summed E-state index contributed by atoms with van der Waals surface area (Å²) in [5, 5.41) is 10.5. The quantitative estimate of drug-likeness (QED) is 0.790. The normalized spacial score (nSPS) is 21.7. The van der Waals surface area contributed by atoms with Crippen LogP contribution in [0.25, 0.3) is 0 Å². The fourth-order valence-corrected chi connectivity index (χ4v) is 2.92. The van der Waals surface area contributed by atoms with Gasteiger partial charge in [0.05, 0.1) is 11.4 Å². The van der Waals surface area contributed by atoms with Crippen LogP contribution in [-0.4, -0.2) is 51.5 Å². The van der Waals surface area contributed by atoms with Gasteiger partial charge in [-0.25, -0.2) is 0 Å². The molecule has 3 rings (SSSR count). The van der Waals surface area contributed by atoms with Crippen molar-refractivity contribution in [3.8, 4) is 0 Å². The zero-order valence-corrected chi connectivity index (χ0v) is 11.9. The second-order valence-corrected chi connectivity index (χ2v) is 5.42. The van der Waals surface area contributed by atoms with Crippen molar-refractivity contribution in [3.63, 3.8) is 0 Å². The minimum absolute atomic E-state index is 0.206. The van der Waals surface area contributed by atoms with Gasteiger partial charge in [0.2, 0.25) is 5.91 Å². The van der Waals surface area contributed by atoms with Crippen molar-refractivity contribution in [3.05, 3.63) is 35.8 Å². The van der Waals surface area contributed by atoms with E-state index in [4.69, 9.17) is 0 Å². The van der Waals surface area contributed by atoms with Gasteiger partial charge < -0.3 is 9.80 Å². The molecule has 0 radical (unpaired) electrons. The van der Waals surface area contributed by atoms with Crippen molar-refractivity contribution < 1.29 is 14.8 Å². The van der Waals surface area contributed by atoms with E-state index in [2.05, 4.69) is 0 Å². The summed E-state index contributed by atoms with van der Waals surface area (Å²) in [6.07, 6.45) is 10.0. The van der Waals surface area contributed by atoms with Gasteiger partial charge in [-0.1, -0.05) is 0 Å².